The van der Waals surface area contributed by atoms with Crippen LogP contribution in [0.1, 0.15) is 25.8 Å². The van der Waals surface area contributed by atoms with Crippen molar-refractivity contribution in [2.24, 2.45) is 11.7 Å². The van der Waals surface area contributed by atoms with E-state index in [1.54, 1.807) is 11.8 Å². The number of thioether (sulfide) groups is 1. The van der Waals surface area contributed by atoms with Gasteiger partial charge >= 0.3 is 0 Å². The topological polar surface area (TPSA) is 26.0 Å². The molecule has 0 amide bonds. The molecule has 1 rings (SSSR count). The largest absolute Gasteiger partial charge is 0.326 e. The van der Waals surface area contributed by atoms with E-state index in [0.717, 1.165) is 16.2 Å². The summed E-state index contributed by atoms with van der Waals surface area (Å²) in [6.07, 6.45) is 1.17. The van der Waals surface area contributed by atoms with Gasteiger partial charge in [0, 0.05) is 11.4 Å². The minimum atomic E-state index is -0.205. The fourth-order valence-corrected chi connectivity index (χ4v) is 2.55. The Morgan fingerprint density at radius 3 is 2.73 bits per heavy atom. The lowest BCUT2D eigenvalue weighted by Gasteiger charge is -2.08. The molecule has 0 fully saturated rings. The summed E-state index contributed by atoms with van der Waals surface area (Å²) < 4.78 is 12.9. The molecule has 0 aliphatic rings. The summed E-state index contributed by atoms with van der Waals surface area (Å²) in [5.41, 5.74) is 6.48. The van der Waals surface area contributed by atoms with Crippen molar-refractivity contribution in [2.45, 2.75) is 31.7 Å². The van der Waals surface area contributed by atoms with Crippen molar-refractivity contribution < 1.29 is 4.39 Å². The van der Waals surface area contributed by atoms with Gasteiger partial charge in [0.1, 0.15) is 5.82 Å². The summed E-state index contributed by atoms with van der Waals surface area (Å²) in [6, 6.07) is 4.84. The molecule has 84 valence electrons. The van der Waals surface area contributed by atoms with Gasteiger partial charge in [-0.25, -0.2) is 4.39 Å². The van der Waals surface area contributed by atoms with Crippen LogP contribution in [0.3, 0.4) is 0 Å². The first-order valence-corrected chi connectivity index (χ1v) is 6.23. The van der Waals surface area contributed by atoms with E-state index in [4.69, 9.17) is 5.73 Å². The molecule has 0 aliphatic carbocycles. The lowest BCUT2D eigenvalue weighted by Crippen LogP contribution is -2.00. The van der Waals surface area contributed by atoms with Crippen molar-refractivity contribution in [3.8, 4) is 0 Å². The zero-order valence-electron chi connectivity index (χ0n) is 9.29. The van der Waals surface area contributed by atoms with Crippen LogP contribution in [0, 0.1) is 11.7 Å². The minimum Gasteiger partial charge on any atom is -0.326 e. The molecule has 0 unspecified atom stereocenters. The molecule has 15 heavy (non-hydrogen) atoms. The van der Waals surface area contributed by atoms with Crippen LogP contribution >= 0.6 is 11.8 Å². The molecule has 0 heterocycles. The Kier molecular flexibility index (Phi) is 5.12. The van der Waals surface area contributed by atoms with Crippen molar-refractivity contribution in [3.05, 3.63) is 29.6 Å². The molecule has 1 aromatic rings. The van der Waals surface area contributed by atoms with Crippen LogP contribution in [-0.4, -0.2) is 5.75 Å². The van der Waals surface area contributed by atoms with Gasteiger partial charge in [-0.1, -0.05) is 13.8 Å². The van der Waals surface area contributed by atoms with Gasteiger partial charge in [-0.3, -0.25) is 0 Å². The first kappa shape index (κ1) is 12.5. The van der Waals surface area contributed by atoms with Crippen LogP contribution in [0.15, 0.2) is 23.1 Å². The highest BCUT2D eigenvalue weighted by molar-refractivity contribution is 7.99. The molecule has 0 bridgehead atoms. The van der Waals surface area contributed by atoms with Gasteiger partial charge in [-0.2, -0.15) is 0 Å². The minimum absolute atomic E-state index is 0.205. The number of hydrogen-bond acceptors (Lipinski definition) is 2. The second-order valence-corrected chi connectivity index (χ2v) is 5.12. The Morgan fingerprint density at radius 2 is 2.13 bits per heavy atom. The summed E-state index contributed by atoms with van der Waals surface area (Å²) in [6.45, 7) is 4.81. The zero-order chi connectivity index (χ0) is 11.3. The lowest BCUT2D eigenvalue weighted by molar-refractivity contribution is 0.623. The number of halogens is 1. The maximum Gasteiger partial charge on any atom is 0.123 e. The summed E-state index contributed by atoms with van der Waals surface area (Å²) in [7, 11) is 0. The highest BCUT2D eigenvalue weighted by Crippen LogP contribution is 2.24. The van der Waals surface area contributed by atoms with Crippen molar-refractivity contribution in [1.29, 1.82) is 0 Å². The van der Waals surface area contributed by atoms with Crippen LogP contribution in [0.25, 0.3) is 0 Å². The summed E-state index contributed by atoms with van der Waals surface area (Å²) in [4.78, 5) is 1.11. The summed E-state index contributed by atoms with van der Waals surface area (Å²) >= 11 is 1.76. The average Bonchev–Trinajstić information content (AvgIpc) is 2.19. The molecular weight excluding hydrogens is 209 g/mol. The highest BCUT2D eigenvalue weighted by atomic mass is 32.2. The van der Waals surface area contributed by atoms with Crippen LogP contribution in [0.5, 0.6) is 0 Å². The molecule has 0 radical (unpaired) electrons. The average molecular weight is 227 g/mol. The van der Waals surface area contributed by atoms with Crippen molar-refractivity contribution in [2.75, 3.05) is 5.75 Å². The maximum absolute atomic E-state index is 12.9. The quantitative estimate of drug-likeness (QED) is 0.780. The van der Waals surface area contributed by atoms with Gasteiger partial charge in [0.25, 0.3) is 0 Å². The van der Waals surface area contributed by atoms with E-state index in [-0.39, 0.29) is 5.82 Å². The zero-order valence-corrected chi connectivity index (χ0v) is 10.1. The molecule has 0 spiro atoms. The van der Waals surface area contributed by atoms with E-state index in [9.17, 15) is 4.39 Å². The molecule has 1 nitrogen and oxygen atoms in total. The van der Waals surface area contributed by atoms with Crippen LogP contribution in [-0.2, 0) is 6.54 Å². The van der Waals surface area contributed by atoms with E-state index < -0.39 is 0 Å². The van der Waals surface area contributed by atoms with E-state index in [0.29, 0.717) is 12.5 Å². The van der Waals surface area contributed by atoms with E-state index >= 15 is 0 Å². The summed E-state index contributed by atoms with van der Waals surface area (Å²) in [5, 5.41) is 0. The summed E-state index contributed by atoms with van der Waals surface area (Å²) in [5.74, 6) is 1.57. The Hall–Kier alpha value is -0.540. The monoisotopic (exact) mass is 227 g/mol. The molecule has 0 atom stereocenters. The van der Waals surface area contributed by atoms with Gasteiger partial charge in [0.2, 0.25) is 0 Å². The fraction of sp³-hybridized carbons (Fsp3) is 0.500. The van der Waals surface area contributed by atoms with E-state index in [1.165, 1.54) is 18.6 Å². The molecule has 3 heteroatoms. The predicted octanol–water partition coefficient (Wildman–Crippen LogP) is 3.42. The Balaban J connectivity index is 2.60. The Labute approximate surface area is 95.2 Å². The maximum atomic E-state index is 12.9. The molecule has 1 aromatic carbocycles. The second kappa shape index (κ2) is 6.13. The third kappa shape index (κ3) is 4.22. The number of hydrogen-bond donors (Lipinski definition) is 1. The first-order chi connectivity index (χ1) is 7.13. The molecule has 2 N–H and O–H groups in total. The molecule has 0 saturated carbocycles. The Morgan fingerprint density at radius 1 is 1.40 bits per heavy atom. The van der Waals surface area contributed by atoms with Gasteiger partial charge in [0.05, 0.1) is 0 Å². The van der Waals surface area contributed by atoms with Crippen LogP contribution in [0.4, 0.5) is 4.39 Å². The van der Waals surface area contributed by atoms with Crippen molar-refractivity contribution in [3.63, 3.8) is 0 Å². The molecule has 0 saturated heterocycles. The predicted molar refractivity (Wildman–Crippen MR) is 64.5 cm³/mol. The van der Waals surface area contributed by atoms with Crippen molar-refractivity contribution >= 4 is 11.8 Å². The third-order valence-electron chi connectivity index (χ3n) is 2.20. The molecular formula is C12H18FNS. The second-order valence-electron chi connectivity index (χ2n) is 3.99. The standard InChI is InChI=1S/C12H18FNS/c1-9(2)5-6-15-12-4-3-11(13)7-10(12)8-14/h3-4,7,9H,5-6,8,14H2,1-2H3. The van der Waals surface area contributed by atoms with Gasteiger partial charge in [-0.15, -0.1) is 11.8 Å². The van der Waals surface area contributed by atoms with Crippen LogP contribution < -0.4 is 5.73 Å². The fourth-order valence-electron chi connectivity index (χ4n) is 1.25. The Bertz CT molecular complexity index is 312. The first-order valence-electron chi connectivity index (χ1n) is 5.24. The number of rotatable bonds is 5. The van der Waals surface area contributed by atoms with Gasteiger partial charge in [0.15, 0.2) is 0 Å². The van der Waals surface area contributed by atoms with Gasteiger partial charge in [-0.05, 0) is 41.9 Å². The smallest absolute Gasteiger partial charge is 0.123 e. The van der Waals surface area contributed by atoms with Crippen LogP contribution in [0.2, 0.25) is 0 Å². The van der Waals surface area contributed by atoms with E-state index in [2.05, 4.69) is 13.8 Å². The third-order valence-corrected chi connectivity index (χ3v) is 3.34. The molecule has 0 aliphatic heterocycles. The van der Waals surface area contributed by atoms with Crippen molar-refractivity contribution in [1.82, 2.24) is 0 Å². The highest BCUT2D eigenvalue weighted by Gasteiger charge is 2.03. The molecule has 0 aromatic heterocycles. The lowest BCUT2D eigenvalue weighted by atomic mass is 10.2. The van der Waals surface area contributed by atoms with Gasteiger partial charge < -0.3 is 5.73 Å². The SMILES string of the molecule is CC(C)CCSc1ccc(F)cc1CN. The normalized spacial score (nSPS) is 11.0. The van der Waals surface area contributed by atoms with E-state index in [1.807, 2.05) is 6.07 Å². The number of benzene rings is 1. The number of nitrogens with two attached hydrogens (primary N) is 1.